The SMILES string of the molecule is COc1ccc(C(=O)c2cc(C(=O)O)ccn2)cc1. The molecule has 19 heavy (non-hydrogen) atoms. The molecule has 0 saturated carbocycles. The molecular formula is C14H11NO4. The molecule has 0 bridgehead atoms. The number of carbonyl (C=O) groups is 2. The topological polar surface area (TPSA) is 76.5 Å². The molecule has 96 valence electrons. The van der Waals surface area contributed by atoms with E-state index in [-0.39, 0.29) is 17.0 Å². The number of aromatic nitrogens is 1. The molecule has 5 heteroatoms. The van der Waals surface area contributed by atoms with E-state index in [4.69, 9.17) is 9.84 Å². The Morgan fingerprint density at radius 1 is 1.11 bits per heavy atom. The summed E-state index contributed by atoms with van der Waals surface area (Å²) in [5, 5.41) is 8.87. The van der Waals surface area contributed by atoms with E-state index < -0.39 is 5.97 Å². The largest absolute Gasteiger partial charge is 0.497 e. The molecule has 0 spiro atoms. The minimum absolute atomic E-state index is 0.0341. The Morgan fingerprint density at radius 2 is 1.79 bits per heavy atom. The average Bonchev–Trinajstić information content (AvgIpc) is 2.46. The van der Waals surface area contributed by atoms with Crippen LogP contribution < -0.4 is 4.74 Å². The number of hydrogen-bond acceptors (Lipinski definition) is 4. The maximum Gasteiger partial charge on any atom is 0.335 e. The monoisotopic (exact) mass is 257 g/mol. The van der Waals surface area contributed by atoms with E-state index in [1.807, 2.05) is 0 Å². The van der Waals surface area contributed by atoms with Crippen molar-refractivity contribution >= 4 is 11.8 Å². The molecular weight excluding hydrogens is 246 g/mol. The highest BCUT2D eigenvalue weighted by Gasteiger charge is 2.13. The summed E-state index contributed by atoms with van der Waals surface area (Å²) in [6, 6.07) is 9.14. The van der Waals surface area contributed by atoms with Crippen molar-refractivity contribution in [2.45, 2.75) is 0 Å². The van der Waals surface area contributed by atoms with Crippen LogP contribution in [-0.2, 0) is 0 Å². The van der Waals surface area contributed by atoms with Crippen molar-refractivity contribution in [3.63, 3.8) is 0 Å². The number of carboxylic acid groups (broad SMARTS) is 1. The molecule has 0 aliphatic rings. The van der Waals surface area contributed by atoms with E-state index >= 15 is 0 Å². The summed E-state index contributed by atoms with van der Waals surface area (Å²) < 4.78 is 5.00. The van der Waals surface area contributed by atoms with Crippen LogP contribution >= 0.6 is 0 Å². The molecule has 0 saturated heterocycles. The van der Waals surface area contributed by atoms with Gasteiger partial charge in [0, 0.05) is 11.8 Å². The second-order valence-corrected chi connectivity index (χ2v) is 3.79. The Bertz CT molecular complexity index is 620. The summed E-state index contributed by atoms with van der Waals surface area (Å²) in [5.74, 6) is -0.777. The predicted octanol–water partition coefficient (Wildman–Crippen LogP) is 2.02. The highest BCUT2D eigenvalue weighted by molar-refractivity contribution is 6.08. The molecule has 0 amide bonds. The lowest BCUT2D eigenvalue weighted by Gasteiger charge is -2.03. The number of pyridine rings is 1. The van der Waals surface area contributed by atoms with Crippen molar-refractivity contribution in [1.29, 1.82) is 0 Å². The van der Waals surface area contributed by atoms with Crippen molar-refractivity contribution in [1.82, 2.24) is 4.98 Å². The molecule has 1 heterocycles. The van der Waals surface area contributed by atoms with Crippen LogP contribution in [0.1, 0.15) is 26.4 Å². The molecule has 2 aromatic rings. The second kappa shape index (κ2) is 5.30. The molecule has 0 aliphatic carbocycles. The van der Waals surface area contributed by atoms with Gasteiger partial charge in [0.25, 0.3) is 0 Å². The Hall–Kier alpha value is -2.69. The van der Waals surface area contributed by atoms with Gasteiger partial charge in [0.2, 0.25) is 5.78 Å². The summed E-state index contributed by atoms with van der Waals surface area (Å²) in [6.45, 7) is 0. The Labute approximate surface area is 109 Å². The standard InChI is InChI=1S/C14H11NO4/c1-19-11-4-2-9(3-5-11)13(16)12-8-10(14(17)18)6-7-15-12/h2-8H,1H3,(H,17,18). The summed E-state index contributed by atoms with van der Waals surface area (Å²) >= 11 is 0. The van der Waals surface area contributed by atoms with Crippen LogP contribution in [0.4, 0.5) is 0 Å². The molecule has 2 rings (SSSR count). The van der Waals surface area contributed by atoms with Crippen LogP contribution in [0.2, 0.25) is 0 Å². The number of carboxylic acids is 1. The van der Waals surface area contributed by atoms with Gasteiger partial charge in [-0.1, -0.05) is 0 Å². The summed E-state index contributed by atoms with van der Waals surface area (Å²) in [5.41, 5.74) is 0.563. The number of carbonyl (C=O) groups excluding carboxylic acids is 1. The Morgan fingerprint density at radius 3 is 2.37 bits per heavy atom. The third-order valence-corrected chi connectivity index (χ3v) is 2.59. The van der Waals surface area contributed by atoms with Crippen molar-refractivity contribution in [3.8, 4) is 5.75 Å². The van der Waals surface area contributed by atoms with Gasteiger partial charge < -0.3 is 9.84 Å². The number of rotatable bonds is 4. The van der Waals surface area contributed by atoms with E-state index in [0.29, 0.717) is 11.3 Å². The van der Waals surface area contributed by atoms with Crippen LogP contribution in [0, 0.1) is 0 Å². The quantitative estimate of drug-likeness (QED) is 0.848. The van der Waals surface area contributed by atoms with Crippen LogP contribution in [0.3, 0.4) is 0 Å². The van der Waals surface area contributed by atoms with Crippen LogP contribution in [0.5, 0.6) is 5.75 Å². The van der Waals surface area contributed by atoms with Gasteiger partial charge in [-0.15, -0.1) is 0 Å². The molecule has 1 aromatic carbocycles. The first kappa shape index (κ1) is 12.8. The zero-order chi connectivity index (χ0) is 13.8. The number of methoxy groups -OCH3 is 1. The number of aromatic carboxylic acids is 1. The van der Waals surface area contributed by atoms with Crippen molar-refractivity contribution < 1.29 is 19.4 Å². The third kappa shape index (κ3) is 2.77. The lowest BCUT2D eigenvalue weighted by atomic mass is 10.1. The van der Waals surface area contributed by atoms with Gasteiger partial charge in [0.05, 0.1) is 12.7 Å². The maximum atomic E-state index is 12.1. The van der Waals surface area contributed by atoms with E-state index in [1.54, 1.807) is 24.3 Å². The molecule has 5 nitrogen and oxygen atoms in total. The van der Waals surface area contributed by atoms with E-state index in [1.165, 1.54) is 25.4 Å². The first-order valence-electron chi connectivity index (χ1n) is 5.50. The number of ketones is 1. The molecule has 1 N–H and O–H groups in total. The minimum Gasteiger partial charge on any atom is -0.497 e. The number of ether oxygens (including phenoxy) is 1. The van der Waals surface area contributed by atoms with Gasteiger partial charge in [-0.05, 0) is 36.4 Å². The lowest BCUT2D eigenvalue weighted by molar-refractivity contribution is 0.0696. The molecule has 0 radical (unpaired) electrons. The second-order valence-electron chi connectivity index (χ2n) is 3.79. The summed E-state index contributed by atoms with van der Waals surface area (Å²) in [7, 11) is 1.54. The predicted molar refractivity (Wildman–Crippen MR) is 67.6 cm³/mol. The zero-order valence-corrected chi connectivity index (χ0v) is 10.2. The smallest absolute Gasteiger partial charge is 0.335 e. The lowest BCUT2D eigenvalue weighted by Crippen LogP contribution is -2.06. The van der Waals surface area contributed by atoms with Gasteiger partial charge in [-0.25, -0.2) is 4.79 Å². The summed E-state index contributed by atoms with van der Waals surface area (Å²) in [4.78, 5) is 26.9. The number of nitrogens with zero attached hydrogens (tertiary/aromatic N) is 1. The van der Waals surface area contributed by atoms with Crippen molar-refractivity contribution in [3.05, 3.63) is 59.4 Å². The fraction of sp³-hybridized carbons (Fsp3) is 0.0714. The number of hydrogen-bond donors (Lipinski definition) is 1. The zero-order valence-electron chi connectivity index (χ0n) is 10.2. The molecule has 0 atom stereocenters. The van der Waals surface area contributed by atoms with Crippen molar-refractivity contribution in [2.24, 2.45) is 0 Å². The normalized spacial score (nSPS) is 9.95. The van der Waals surface area contributed by atoms with Gasteiger partial charge in [-0.3, -0.25) is 9.78 Å². The first-order valence-corrected chi connectivity index (χ1v) is 5.50. The highest BCUT2D eigenvalue weighted by atomic mass is 16.5. The fourth-order valence-electron chi connectivity index (χ4n) is 1.58. The molecule has 0 unspecified atom stereocenters. The number of benzene rings is 1. The van der Waals surface area contributed by atoms with E-state index in [0.717, 1.165) is 0 Å². The van der Waals surface area contributed by atoms with Gasteiger partial charge in [0.1, 0.15) is 11.4 Å². The highest BCUT2D eigenvalue weighted by Crippen LogP contribution is 2.14. The molecule has 1 aromatic heterocycles. The van der Waals surface area contributed by atoms with E-state index in [2.05, 4.69) is 4.98 Å². The van der Waals surface area contributed by atoms with Crippen LogP contribution in [0.25, 0.3) is 0 Å². The minimum atomic E-state index is -1.09. The summed E-state index contributed by atoms with van der Waals surface area (Å²) in [6.07, 6.45) is 1.31. The fourth-order valence-corrected chi connectivity index (χ4v) is 1.58. The van der Waals surface area contributed by atoms with Crippen LogP contribution in [-0.4, -0.2) is 29.0 Å². The third-order valence-electron chi connectivity index (χ3n) is 2.59. The van der Waals surface area contributed by atoms with Gasteiger partial charge in [0.15, 0.2) is 0 Å². The Kier molecular flexibility index (Phi) is 3.56. The van der Waals surface area contributed by atoms with E-state index in [9.17, 15) is 9.59 Å². The average molecular weight is 257 g/mol. The molecule has 0 fully saturated rings. The molecule has 0 aliphatic heterocycles. The first-order chi connectivity index (χ1) is 9.11. The maximum absolute atomic E-state index is 12.1. The van der Waals surface area contributed by atoms with Gasteiger partial charge >= 0.3 is 5.97 Å². The van der Waals surface area contributed by atoms with Gasteiger partial charge in [-0.2, -0.15) is 0 Å². The van der Waals surface area contributed by atoms with Crippen molar-refractivity contribution in [2.75, 3.05) is 7.11 Å². The Balaban J connectivity index is 2.32. The van der Waals surface area contributed by atoms with Crippen LogP contribution in [0.15, 0.2) is 42.6 Å².